The molecule has 4 nitrogen and oxygen atoms in total. The Kier molecular flexibility index (Phi) is 7.28. The lowest BCUT2D eigenvalue weighted by molar-refractivity contribution is 0.0930. The summed E-state index contributed by atoms with van der Waals surface area (Å²) in [7, 11) is 0. The van der Waals surface area contributed by atoms with E-state index in [-0.39, 0.29) is 10.7 Å². The Morgan fingerprint density at radius 3 is 2.33 bits per heavy atom. The van der Waals surface area contributed by atoms with Gasteiger partial charge in [0.2, 0.25) is 3.79 Å². The zero-order valence-electron chi connectivity index (χ0n) is 14.4. The highest BCUT2D eigenvalue weighted by Gasteiger charge is 2.35. The van der Waals surface area contributed by atoms with Gasteiger partial charge in [0.1, 0.15) is 12.0 Å². The second-order valence-electron chi connectivity index (χ2n) is 5.83. The molecular formula is C18H17Cl3FN3OS. The van der Waals surface area contributed by atoms with E-state index in [0.29, 0.717) is 0 Å². The summed E-state index contributed by atoms with van der Waals surface area (Å²) in [5.74, 6) is -1.43. The van der Waals surface area contributed by atoms with Gasteiger partial charge in [-0.05, 0) is 61.5 Å². The Hall–Kier alpha value is -1.60. The number of hydrogen-bond donors (Lipinski definition) is 3. The third-order valence-electron chi connectivity index (χ3n) is 3.76. The molecule has 0 saturated carbocycles. The molecule has 0 fully saturated rings. The van der Waals surface area contributed by atoms with Crippen LogP contribution in [0.25, 0.3) is 0 Å². The molecule has 9 heteroatoms. The van der Waals surface area contributed by atoms with Crippen molar-refractivity contribution in [2.45, 2.75) is 23.8 Å². The van der Waals surface area contributed by atoms with Crippen molar-refractivity contribution in [2.24, 2.45) is 0 Å². The molecule has 0 bridgehead atoms. The van der Waals surface area contributed by atoms with E-state index in [1.54, 1.807) is 0 Å². The Balaban J connectivity index is 2.10. The first kappa shape index (κ1) is 21.7. The van der Waals surface area contributed by atoms with E-state index in [4.69, 9.17) is 47.0 Å². The van der Waals surface area contributed by atoms with Crippen molar-refractivity contribution in [3.63, 3.8) is 0 Å². The fourth-order valence-corrected chi connectivity index (χ4v) is 2.73. The van der Waals surface area contributed by atoms with E-state index in [0.717, 1.165) is 16.8 Å². The average Bonchev–Trinajstić information content (AvgIpc) is 2.57. The van der Waals surface area contributed by atoms with Gasteiger partial charge in [-0.25, -0.2) is 4.39 Å². The maximum atomic E-state index is 13.8. The number of thiocarbonyl (C=S) groups is 1. The zero-order valence-corrected chi connectivity index (χ0v) is 17.5. The van der Waals surface area contributed by atoms with Crippen molar-refractivity contribution in [3.05, 3.63) is 65.0 Å². The number of nitrogens with one attached hydrogen (secondary N) is 3. The molecule has 1 amide bonds. The highest BCUT2D eigenvalue weighted by Crippen LogP contribution is 2.29. The summed E-state index contributed by atoms with van der Waals surface area (Å²) in [6, 6.07) is 11.2. The van der Waals surface area contributed by atoms with Gasteiger partial charge in [-0.1, -0.05) is 53.0 Å². The molecule has 3 N–H and O–H groups in total. The van der Waals surface area contributed by atoms with Crippen LogP contribution in [0, 0.1) is 19.7 Å². The molecule has 0 spiro atoms. The summed E-state index contributed by atoms with van der Waals surface area (Å²) >= 11 is 23.0. The predicted molar refractivity (Wildman–Crippen MR) is 113 cm³/mol. The average molecular weight is 449 g/mol. The molecule has 0 aliphatic rings. The first-order valence-corrected chi connectivity index (χ1v) is 9.39. The molecule has 0 heterocycles. The van der Waals surface area contributed by atoms with Crippen LogP contribution in [0.2, 0.25) is 0 Å². The van der Waals surface area contributed by atoms with Crippen LogP contribution in [0.1, 0.15) is 21.5 Å². The van der Waals surface area contributed by atoms with Crippen LogP contribution in [0.5, 0.6) is 0 Å². The number of halogens is 4. The first-order valence-electron chi connectivity index (χ1n) is 7.85. The van der Waals surface area contributed by atoms with Gasteiger partial charge in [0, 0.05) is 5.69 Å². The van der Waals surface area contributed by atoms with Crippen molar-refractivity contribution < 1.29 is 9.18 Å². The van der Waals surface area contributed by atoms with Gasteiger partial charge in [0.25, 0.3) is 5.91 Å². The highest BCUT2D eigenvalue weighted by atomic mass is 35.6. The summed E-state index contributed by atoms with van der Waals surface area (Å²) < 4.78 is 11.9. The molecule has 27 heavy (non-hydrogen) atoms. The minimum Gasteiger partial charge on any atom is -0.339 e. The molecule has 2 rings (SSSR count). The van der Waals surface area contributed by atoms with E-state index < -0.39 is 21.7 Å². The first-order chi connectivity index (χ1) is 12.6. The lowest BCUT2D eigenvalue weighted by atomic mass is 10.1. The molecule has 2 aromatic carbocycles. The molecule has 1 atom stereocenters. The number of rotatable bonds is 4. The number of hydrogen-bond acceptors (Lipinski definition) is 2. The summed E-state index contributed by atoms with van der Waals surface area (Å²) in [4.78, 5) is 12.3. The van der Waals surface area contributed by atoms with Crippen LogP contribution in [-0.4, -0.2) is 21.0 Å². The number of carbonyl (C=O) groups excluding carboxylic acids is 1. The zero-order chi connectivity index (χ0) is 20.2. The standard InChI is InChI=1S/C18H17Cl3FN3OS/c1-10-7-8-12(9-11(10)2)23-17(27)25-16(18(19,20)21)24-15(26)13-5-3-4-6-14(13)22/h3-9,16H,1-2H3,(H,24,26)(H2,23,25,27)/t16-/m1/s1. The number of benzene rings is 2. The maximum absolute atomic E-state index is 13.8. The van der Waals surface area contributed by atoms with Crippen molar-refractivity contribution >= 4 is 63.7 Å². The number of amides is 1. The van der Waals surface area contributed by atoms with Gasteiger partial charge >= 0.3 is 0 Å². The van der Waals surface area contributed by atoms with E-state index in [1.165, 1.54) is 24.3 Å². The summed E-state index contributed by atoms with van der Waals surface area (Å²) in [6.45, 7) is 3.96. The SMILES string of the molecule is Cc1ccc(NC(=S)N[C@@H](NC(=O)c2ccccc2F)C(Cl)(Cl)Cl)cc1C. The number of carbonyl (C=O) groups is 1. The quantitative estimate of drug-likeness (QED) is 0.355. The van der Waals surface area contributed by atoms with Crippen LogP contribution in [0.15, 0.2) is 42.5 Å². The lowest BCUT2D eigenvalue weighted by Crippen LogP contribution is -2.56. The van der Waals surface area contributed by atoms with E-state index >= 15 is 0 Å². The second-order valence-corrected chi connectivity index (χ2v) is 8.60. The van der Waals surface area contributed by atoms with Gasteiger partial charge < -0.3 is 16.0 Å². The van der Waals surface area contributed by atoms with Crippen molar-refractivity contribution in [1.29, 1.82) is 0 Å². The van der Waals surface area contributed by atoms with Crippen molar-refractivity contribution in [2.75, 3.05) is 5.32 Å². The number of alkyl halides is 3. The minimum atomic E-state index is -1.93. The van der Waals surface area contributed by atoms with E-state index in [1.807, 2.05) is 32.0 Å². The predicted octanol–water partition coefficient (Wildman–Crippen LogP) is 4.86. The van der Waals surface area contributed by atoms with Gasteiger partial charge in [-0.3, -0.25) is 4.79 Å². The lowest BCUT2D eigenvalue weighted by Gasteiger charge is -2.28. The van der Waals surface area contributed by atoms with Gasteiger partial charge in [0.15, 0.2) is 5.11 Å². The maximum Gasteiger partial charge on any atom is 0.255 e. The fourth-order valence-electron chi connectivity index (χ4n) is 2.17. The Morgan fingerprint density at radius 1 is 1.07 bits per heavy atom. The van der Waals surface area contributed by atoms with Crippen LogP contribution in [0.4, 0.5) is 10.1 Å². The molecule has 0 aliphatic carbocycles. The van der Waals surface area contributed by atoms with Crippen LogP contribution >= 0.6 is 47.0 Å². The van der Waals surface area contributed by atoms with Gasteiger partial charge in [-0.2, -0.15) is 0 Å². The Labute approximate surface area is 177 Å². The molecule has 0 radical (unpaired) electrons. The summed E-state index contributed by atoms with van der Waals surface area (Å²) in [5.41, 5.74) is 2.77. The van der Waals surface area contributed by atoms with E-state index in [9.17, 15) is 9.18 Å². The van der Waals surface area contributed by atoms with E-state index in [2.05, 4.69) is 16.0 Å². The van der Waals surface area contributed by atoms with Crippen molar-refractivity contribution in [3.8, 4) is 0 Å². The Bertz CT molecular complexity index is 858. The number of aryl methyl sites for hydroxylation is 2. The topological polar surface area (TPSA) is 53.2 Å². The Morgan fingerprint density at radius 2 is 1.74 bits per heavy atom. The molecule has 0 unspecified atom stereocenters. The molecule has 144 valence electrons. The molecule has 0 aromatic heterocycles. The molecule has 0 saturated heterocycles. The summed E-state index contributed by atoms with van der Waals surface area (Å²) in [5, 5.41) is 8.25. The number of anilines is 1. The second kappa shape index (κ2) is 9.06. The highest BCUT2D eigenvalue weighted by molar-refractivity contribution is 7.80. The molecule has 2 aromatic rings. The largest absolute Gasteiger partial charge is 0.339 e. The van der Waals surface area contributed by atoms with Gasteiger partial charge in [0.05, 0.1) is 5.56 Å². The van der Waals surface area contributed by atoms with Crippen molar-refractivity contribution in [1.82, 2.24) is 10.6 Å². The molecular weight excluding hydrogens is 432 g/mol. The fraction of sp³-hybridized carbons (Fsp3) is 0.222. The third kappa shape index (κ3) is 6.21. The minimum absolute atomic E-state index is 0.128. The normalized spacial score (nSPS) is 12.2. The van der Waals surface area contributed by atoms with Crippen LogP contribution in [0.3, 0.4) is 0 Å². The van der Waals surface area contributed by atoms with Gasteiger partial charge in [-0.15, -0.1) is 0 Å². The molecule has 0 aliphatic heterocycles. The third-order valence-corrected chi connectivity index (χ3v) is 4.64. The summed E-state index contributed by atoms with van der Waals surface area (Å²) in [6.07, 6.45) is -1.19. The monoisotopic (exact) mass is 447 g/mol. The van der Waals surface area contributed by atoms with Crippen LogP contribution in [-0.2, 0) is 0 Å². The smallest absolute Gasteiger partial charge is 0.255 e. The van der Waals surface area contributed by atoms with Crippen LogP contribution < -0.4 is 16.0 Å².